The maximum Gasteiger partial charge on any atom is 0.240 e. The van der Waals surface area contributed by atoms with Gasteiger partial charge in [-0.05, 0) is 19.3 Å². The number of piperazine rings is 1. The molecule has 0 bridgehead atoms. The summed E-state index contributed by atoms with van der Waals surface area (Å²) in [5.41, 5.74) is 0. The van der Waals surface area contributed by atoms with Crippen molar-refractivity contribution < 1.29 is 14.3 Å². The van der Waals surface area contributed by atoms with E-state index in [1.165, 1.54) is 0 Å². The molecule has 0 aliphatic carbocycles. The third-order valence-corrected chi connectivity index (χ3v) is 4.07. The fourth-order valence-electron chi connectivity index (χ4n) is 2.83. The Balaban J connectivity index is 0.00000242. The summed E-state index contributed by atoms with van der Waals surface area (Å²) in [5.74, 6) is -0.0179. The maximum atomic E-state index is 12.4. The lowest BCUT2D eigenvalue weighted by Gasteiger charge is -2.34. The molecule has 7 heteroatoms. The summed E-state index contributed by atoms with van der Waals surface area (Å²) in [6, 6.07) is -0.387. The Kier molecular flexibility index (Phi) is 8.75. The van der Waals surface area contributed by atoms with Gasteiger partial charge in [-0.25, -0.2) is 0 Å². The quantitative estimate of drug-likeness (QED) is 0.673. The zero-order valence-electron chi connectivity index (χ0n) is 13.3. The summed E-state index contributed by atoms with van der Waals surface area (Å²) in [6.45, 7) is 5.68. The fourth-order valence-corrected chi connectivity index (χ4v) is 2.83. The normalized spacial score (nSPS) is 25.0. The highest BCUT2D eigenvalue weighted by Gasteiger charge is 2.32. The number of carbonyl (C=O) groups excluding carboxylic acids is 2. The Bertz CT molecular complexity index is 362. The van der Waals surface area contributed by atoms with Gasteiger partial charge in [0.2, 0.25) is 11.8 Å². The highest BCUT2D eigenvalue weighted by molar-refractivity contribution is 5.88. The van der Waals surface area contributed by atoms with Gasteiger partial charge in [-0.1, -0.05) is 13.3 Å². The van der Waals surface area contributed by atoms with Gasteiger partial charge in [0.15, 0.2) is 0 Å². The molecular formula is C15H28ClN3O3. The van der Waals surface area contributed by atoms with E-state index in [1.54, 1.807) is 0 Å². The molecular weight excluding hydrogens is 306 g/mol. The van der Waals surface area contributed by atoms with Crippen molar-refractivity contribution in [1.29, 1.82) is 0 Å². The average Bonchev–Trinajstić information content (AvgIpc) is 2.96. The Morgan fingerprint density at radius 2 is 2.32 bits per heavy atom. The molecule has 128 valence electrons. The molecule has 2 heterocycles. The number of carbonyl (C=O) groups is 2. The lowest BCUT2D eigenvalue weighted by atomic mass is 10.1. The molecule has 0 saturated carbocycles. The van der Waals surface area contributed by atoms with Gasteiger partial charge in [-0.15, -0.1) is 12.4 Å². The molecule has 2 saturated heterocycles. The first kappa shape index (κ1) is 19.2. The van der Waals surface area contributed by atoms with Gasteiger partial charge in [0.1, 0.15) is 0 Å². The average molecular weight is 334 g/mol. The Morgan fingerprint density at radius 3 is 3.00 bits per heavy atom. The van der Waals surface area contributed by atoms with Crippen LogP contribution in [0.4, 0.5) is 0 Å². The van der Waals surface area contributed by atoms with Crippen LogP contribution in [0.1, 0.15) is 39.0 Å². The number of ether oxygens (including phenoxy) is 1. The molecule has 6 nitrogen and oxygen atoms in total. The van der Waals surface area contributed by atoms with Crippen molar-refractivity contribution in [2.24, 2.45) is 0 Å². The lowest BCUT2D eigenvalue weighted by Crippen LogP contribution is -2.57. The topological polar surface area (TPSA) is 70.7 Å². The van der Waals surface area contributed by atoms with Crippen LogP contribution in [0.25, 0.3) is 0 Å². The molecule has 2 unspecified atom stereocenters. The van der Waals surface area contributed by atoms with Crippen LogP contribution in [0.15, 0.2) is 0 Å². The lowest BCUT2D eigenvalue weighted by molar-refractivity contribution is -0.139. The monoisotopic (exact) mass is 333 g/mol. The zero-order chi connectivity index (χ0) is 15.1. The molecule has 2 N–H and O–H groups in total. The third kappa shape index (κ3) is 5.74. The minimum Gasteiger partial charge on any atom is -0.376 e. The van der Waals surface area contributed by atoms with E-state index in [0.29, 0.717) is 19.6 Å². The van der Waals surface area contributed by atoms with Gasteiger partial charge >= 0.3 is 0 Å². The standard InChI is InChI=1S/C15H27N3O3.ClH/c1-2-3-6-17-14(19)10-13-15(20)18(8-7-16-13)11-12-5-4-9-21-12;/h12-13,16H,2-11H2,1H3,(H,17,19);1H. The largest absolute Gasteiger partial charge is 0.376 e. The second kappa shape index (κ2) is 10.0. The number of halogens is 1. The minimum atomic E-state index is -0.387. The molecule has 0 aromatic rings. The van der Waals surface area contributed by atoms with E-state index < -0.39 is 0 Å². The van der Waals surface area contributed by atoms with Crippen molar-refractivity contribution >= 4 is 24.2 Å². The van der Waals surface area contributed by atoms with Crippen LogP contribution < -0.4 is 10.6 Å². The third-order valence-electron chi connectivity index (χ3n) is 4.07. The van der Waals surface area contributed by atoms with Crippen LogP contribution >= 0.6 is 12.4 Å². The van der Waals surface area contributed by atoms with E-state index in [1.807, 2.05) is 4.90 Å². The highest BCUT2D eigenvalue weighted by Crippen LogP contribution is 2.15. The summed E-state index contributed by atoms with van der Waals surface area (Å²) in [4.78, 5) is 26.1. The summed E-state index contributed by atoms with van der Waals surface area (Å²) in [7, 11) is 0. The predicted molar refractivity (Wildman–Crippen MR) is 87.1 cm³/mol. The van der Waals surface area contributed by atoms with Gasteiger partial charge < -0.3 is 20.3 Å². The molecule has 0 spiro atoms. The first-order valence-electron chi connectivity index (χ1n) is 8.11. The molecule has 0 aromatic carbocycles. The van der Waals surface area contributed by atoms with Crippen molar-refractivity contribution in [3.63, 3.8) is 0 Å². The number of rotatable bonds is 7. The zero-order valence-corrected chi connectivity index (χ0v) is 14.1. The van der Waals surface area contributed by atoms with E-state index in [9.17, 15) is 9.59 Å². The molecule has 2 aliphatic rings. The van der Waals surface area contributed by atoms with E-state index in [2.05, 4.69) is 17.6 Å². The highest BCUT2D eigenvalue weighted by atomic mass is 35.5. The van der Waals surface area contributed by atoms with Gasteiger partial charge in [-0.2, -0.15) is 0 Å². The van der Waals surface area contributed by atoms with E-state index >= 15 is 0 Å². The number of nitrogens with one attached hydrogen (secondary N) is 2. The van der Waals surface area contributed by atoms with Crippen LogP contribution in [0.5, 0.6) is 0 Å². The number of hydrogen-bond donors (Lipinski definition) is 2. The van der Waals surface area contributed by atoms with Crippen molar-refractivity contribution in [2.45, 2.75) is 51.2 Å². The van der Waals surface area contributed by atoms with Gasteiger partial charge in [0, 0.05) is 32.8 Å². The number of amides is 2. The summed E-state index contributed by atoms with van der Waals surface area (Å²) >= 11 is 0. The first-order valence-corrected chi connectivity index (χ1v) is 8.11. The Labute approximate surface area is 138 Å². The van der Waals surface area contributed by atoms with Gasteiger partial charge in [0.25, 0.3) is 0 Å². The van der Waals surface area contributed by atoms with Gasteiger partial charge in [0.05, 0.1) is 18.6 Å². The number of nitrogens with zero attached hydrogens (tertiary/aromatic N) is 1. The first-order chi connectivity index (χ1) is 10.2. The number of hydrogen-bond acceptors (Lipinski definition) is 4. The molecule has 0 aromatic heterocycles. The van der Waals surface area contributed by atoms with Crippen LogP contribution in [0.2, 0.25) is 0 Å². The van der Waals surface area contributed by atoms with Crippen LogP contribution in [0.3, 0.4) is 0 Å². The summed E-state index contributed by atoms with van der Waals surface area (Å²) in [5, 5.41) is 6.02. The van der Waals surface area contributed by atoms with Crippen LogP contribution in [-0.2, 0) is 14.3 Å². The molecule has 2 aliphatic heterocycles. The summed E-state index contributed by atoms with van der Waals surface area (Å²) in [6.07, 6.45) is 4.53. The maximum absolute atomic E-state index is 12.4. The van der Waals surface area contributed by atoms with E-state index in [-0.39, 0.29) is 42.8 Å². The second-order valence-electron chi connectivity index (χ2n) is 5.83. The molecule has 0 radical (unpaired) electrons. The van der Waals surface area contributed by atoms with E-state index in [0.717, 1.165) is 38.8 Å². The van der Waals surface area contributed by atoms with Crippen LogP contribution in [0, 0.1) is 0 Å². The van der Waals surface area contributed by atoms with Crippen molar-refractivity contribution in [2.75, 3.05) is 32.8 Å². The van der Waals surface area contributed by atoms with Gasteiger partial charge in [-0.3, -0.25) is 9.59 Å². The fraction of sp³-hybridized carbons (Fsp3) is 0.867. The molecule has 2 fully saturated rings. The smallest absolute Gasteiger partial charge is 0.240 e. The Morgan fingerprint density at radius 1 is 1.50 bits per heavy atom. The van der Waals surface area contributed by atoms with E-state index in [4.69, 9.17) is 4.74 Å². The van der Waals surface area contributed by atoms with Crippen molar-refractivity contribution in [1.82, 2.24) is 15.5 Å². The molecule has 2 rings (SSSR count). The Hall–Kier alpha value is -0.850. The predicted octanol–water partition coefficient (Wildman–Crippen LogP) is 0.694. The summed E-state index contributed by atoms with van der Waals surface area (Å²) < 4.78 is 5.59. The molecule has 2 atom stereocenters. The minimum absolute atomic E-state index is 0. The number of unbranched alkanes of at least 4 members (excludes halogenated alkanes) is 1. The van der Waals surface area contributed by atoms with Crippen molar-refractivity contribution in [3.8, 4) is 0 Å². The molecule has 2 amide bonds. The molecule has 22 heavy (non-hydrogen) atoms. The van der Waals surface area contributed by atoms with Crippen molar-refractivity contribution in [3.05, 3.63) is 0 Å². The second-order valence-corrected chi connectivity index (χ2v) is 5.83. The SMILES string of the molecule is CCCCNC(=O)CC1NCCN(CC2CCCO2)C1=O.Cl. The van der Waals surface area contributed by atoms with Crippen LogP contribution in [-0.4, -0.2) is 61.6 Å².